The van der Waals surface area contributed by atoms with Gasteiger partial charge in [-0.05, 0) is 43.7 Å². The molecule has 1 aliphatic heterocycles. The normalized spacial score (nSPS) is 13.6. The Bertz CT molecular complexity index is 1200. The molecule has 2 heterocycles. The third-order valence-electron chi connectivity index (χ3n) is 4.72. The Morgan fingerprint density at radius 3 is 2.82 bits per heavy atom. The van der Waals surface area contributed by atoms with Crippen LogP contribution in [-0.2, 0) is 13.0 Å². The molecule has 142 valence electrons. The fourth-order valence-corrected chi connectivity index (χ4v) is 3.81. The van der Waals surface area contributed by atoms with E-state index < -0.39 is 5.91 Å². The van der Waals surface area contributed by atoms with E-state index in [4.69, 9.17) is 23.2 Å². The molecule has 0 saturated carbocycles. The number of nitrogens with one attached hydrogen (secondary N) is 1. The van der Waals surface area contributed by atoms with Crippen molar-refractivity contribution in [3.05, 3.63) is 73.7 Å². The second-order valence-corrected chi connectivity index (χ2v) is 7.43. The summed E-state index contributed by atoms with van der Waals surface area (Å²) in [5, 5.41) is 5.60. The second kappa shape index (κ2) is 7.37. The number of fused-ring (bicyclic) bond motifs is 2. The van der Waals surface area contributed by atoms with Crippen LogP contribution in [0.1, 0.15) is 35.1 Å². The molecule has 0 radical (unpaired) electrons. The van der Waals surface area contributed by atoms with E-state index in [0.29, 0.717) is 44.3 Å². The minimum absolute atomic E-state index is 0.0595. The van der Waals surface area contributed by atoms with Crippen LogP contribution in [0.25, 0.3) is 10.9 Å². The molecule has 3 aromatic rings. The maximum absolute atomic E-state index is 12.5. The smallest absolute Gasteiger partial charge is 0.271 e. The van der Waals surface area contributed by atoms with Crippen molar-refractivity contribution in [3.8, 4) is 0 Å². The van der Waals surface area contributed by atoms with Crippen LogP contribution in [-0.4, -0.2) is 21.2 Å². The number of aromatic nitrogens is 2. The van der Waals surface area contributed by atoms with Crippen LogP contribution in [0, 0.1) is 0 Å². The molecular formula is C20H16Cl2N4O2. The Hall–Kier alpha value is -2.70. The monoisotopic (exact) mass is 414 g/mol. The maximum atomic E-state index is 12.5. The maximum Gasteiger partial charge on any atom is 0.271 e. The van der Waals surface area contributed by atoms with E-state index in [2.05, 4.69) is 15.5 Å². The van der Waals surface area contributed by atoms with Gasteiger partial charge in [0.05, 0.1) is 21.6 Å². The summed E-state index contributed by atoms with van der Waals surface area (Å²) in [5.74, 6) is 0.370. The lowest BCUT2D eigenvalue weighted by Crippen LogP contribution is -2.22. The molecule has 0 bridgehead atoms. The zero-order valence-corrected chi connectivity index (χ0v) is 16.5. The van der Waals surface area contributed by atoms with E-state index in [1.54, 1.807) is 47.9 Å². The number of carbonyl (C=O) groups excluding carboxylic acids is 1. The largest absolute Gasteiger partial charge is 0.296 e. The molecule has 1 amide bonds. The molecule has 0 fully saturated rings. The number of hydrazone groups is 1. The molecule has 0 aliphatic carbocycles. The van der Waals surface area contributed by atoms with Crippen LogP contribution >= 0.6 is 23.2 Å². The number of benzene rings is 2. The first kappa shape index (κ1) is 18.7. The average molecular weight is 415 g/mol. The summed E-state index contributed by atoms with van der Waals surface area (Å²) in [4.78, 5) is 29.5. The molecule has 8 heteroatoms. The number of carbonyl (C=O) groups is 1. The number of aryl methyl sites for hydroxylation is 1. The van der Waals surface area contributed by atoms with Crippen molar-refractivity contribution < 1.29 is 4.79 Å². The standard InChI is InChI=1S/C20H16Cl2N4O2/c1-11(14-7-5-13(21)10-16(14)22)24-25-19(27)12-4-6-15-17(9-12)23-18-3-2-8-26(18)20(15)28/h4-7,9-10H,2-3,8H2,1H3,(H,25,27)/b24-11-. The van der Waals surface area contributed by atoms with Crippen LogP contribution in [0.5, 0.6) is 0 Å². The topological polar surface area (TPSA) is 76.3 Å². The highest BCUT2D eigenvalue weighted by Gasteiger charge is 2.17. The van der Waals surface area contributed by atoms with Gasteiger partial charge in [-0.1, -0.05) is 29.3 Å². The molecule has 1 aromatic heterocycles. The Morgan fingerprint density at radius 1 is 1.21 bits per heavy atom. The lowest BCUT2D eigenvalue weighted by Gasteiger charge is -2.07. The van der Waals surface area contributed by atoms with E-state index in [1.807, 2.05) is 0 Å². The first-order chi connectivity index (χ1) is 13.4. The number of amides is 1. The third-order valence-corrected chi connectivity index (χ3v) is 5.27. The Kier molecular flexibility index (Phi) is 4.91. The van der Waals surface area contributed by atoms with Gasteiger partial charge in [-0.3, -0.25) is 14.2 Å². The summed E-state index contributed by atoms with van der Waals surface area (Å²) in [6.07, 6.45) is 1.68. The predicted octanol–water partition coefficient (Wildman–Crippen LogP) is 3.80. The fraction of sp³-hybridized carbons (Fsp3) is 0.200. The zero-order valence-electron chi connectivity index (χ0n) is 15.0. The fourth-order valence-electron chi connectivity index (χ4n) is 3.27. The Morgan fingerprint density at radius 2 is 2.04 bits per heavy atom. The highest BCUT2D eigenvalue weighted by atomic mass is 35.5. The van der Waals surface area contributed by atoms with Crippen molar-refractivity contribution in [2.45, 2.75) is 26.3 Å². The molecular weight excluding hydrogens is 399 g/mol. The number of nitrogens with zero attached hydrogens (tertiary/aromatic N) is 3. The average Bonchev–Trinajstić information content (AvgIpc) is 3.14. The minimum atomic E-state index is -0.395. The van der Waals surface area contributed by atoms with Gasteiger partial charge in [0.15, 0.2) is 0 Å². The Balaban J connectivity index is 1.60. The predicted molar refractivity (Wildman–Crippen MR) is 110 cm³/mol. The molecule has 0 saturated heterocycles. The molecule has 0 atom stereocenters. The van der Waals surface area contributed by atoms with Crippen molar-refractivity contribution in [3.63, 3.8) is 0 Å². The van der Waals surface area contributed by atoms with E-state index >= 15 is 0 Å². The van der Waals surface area contributed by atoms with Crippen LogP contribution in [0.2, 0.25) is 10.0 Å². The minimum Gasteiger partial charge on any atom is -0.296 e. The zero-order chi connectivity index (χ0) is 19.8. The van der Waals surface area contributed by atoms with Crippen molar-refractivity contribution in [1.29, 1.82) is 0 Å². The van der Waals surface area contributed by atoms with Gasteiger partial charge < -0.3 is 0 Å². The summed E-state index contributed by atoms with van der Waals surface area (Å²) in [6, 6.07) is 9.91. The lowest BCUT2D eigenvalue weighted by atomic mass is 10.1. The highest BCUT2D eigenvalue weighted by Crippen LogP contribution is 2.21. The van der Waals surface area contributed by atoms with Crippen LogP contribution in [0.4, 0.5) is 0 Å². The van der Waals surface area contributed by atoms with Gasteiger partial charge in [0.1, 0.15) is 5.82 Å². The molecule has 6 nitrogen and oxygen atoms in total. The molecule has 1 N–H and O–H groups in total. The summed E-state index contributed by atoms with van der Waals surface area (Å²) < 4.78 is 1.70. The van der Waals surface area contributed by atoms with Gasteiger partial charge in [0.2, 0.25) is 0 Å². The van der Waals surface area contributed by atoms with Crippen molar-refractivity contribution in [2.24, 2.45) is 5.10 Å². The first-order valence-electron chi connectivity index (χ1n) is 8.77. The summed E-state index contributed by atoms with van der Waals surface area (Å²) in [5.41, 5.74) is 4.58. The van der Waals surface area contributed by atoms with Gasteiger partial charge in [-0.2, -0.15) is 5.10 Å². The third kappa shape index (κ3) is 3.41. The van der Waals surface area contributed by atoms with Crippen LogP contribution in [0.15, 0.2) is 46.3 Å². The summed E-state index contributed by atoms with van der Waals surface area (Å²) in [6.45, 7) is 2.43. The Labute approximate surface area is 170 Å². The number of hydrogen-bond donors (Lipinski definition) is 1. The van der Waals surface area contributed by atoms with Gasteiger partial charge in [-0.25, -0.2) is 10.4 Å². The van der Waals surface area contributed by atoms with Crippen molar-refractivity contribution in [2.75, 3.05) is 0 Å². The lowest BCUT2D eigenvalue weighted by molar-refractivity contribution is 0.0955. The molecule has 0 spiro atoms. The quantitative estimate of drug-likeness (QED) is 0.522. The van der Waals surface area contributed by atoms with Gasteiger partial charge in [-0.15, -0.1) is 0 Å². The molecule has 4 rings (SSSR count). The number of rotatable bonds is 3. The summed E-state index contributed by atoms with van der Waals surface area (Å²) >= 11 is 12.1. The van der Waals surface area contributed by atoms with Crippen LogP contribution < -0.4 is 11.0 Å². The van der Waals surface area contributed by atoms with Crippen molar-refractivity contribution >= 4 is 45.7 Å². The second-order valence-electron chi connectivity index (χ2n) is 6.58. The van der Waals surface area contributed by atoms with E-state index in [0.717, 1.165) is 18.7 Å². The van der Waals surface area contributed by atoms with Crippen LogP contribution in [0.3, 0.4) is 0 Å². The van der Waals surface area contributed by atoms with E-state index in [9.17, 15) is 9.59 Å². The highest BCUT2D eigenvalue weighted by molar-refractivity contribution is 6.37. The molecule has 1 aliphatic rings. The molecule has 28 heavy (non-hydrogen) atoms. The molecule has 2 aromatic carbocycles. The van der Waals surface area contributed by atoms with Gasteiger partial charge in [0.25, 0.3) is 11.5 Å². The van der Waals surface area contributed by atoms with Crippen molar-refractivity contribution in [1.82, 2.24) is 15.0 Å². The first-order valence-corrected chi connectivity index (χ1v) is 9.53. The van der Waals surface area contributed by atoms with Gasteiger partial charge in [0, 0.05) is 29.1 Å². The SMILES string of the molecule is C/C(=N/NC(=O)c1ccc2c(=O)n3c(nc2c1)CCC3)c1ccc(Cl)cc1Cl. The molecule has 0 unspecified atom stereocenters. The van der Waals surface area contributed by atoms with E-state index in [-0.39, 0.29) is 5.56 Å². The number of halogens is 2. The number of hydrogen-bond acceptors (Lipinski definition) is 4. The van der Waals surface area contributed by atoms with E-state index in [1.165, 1.54) is 0 Å². The van der Waals surface area contributed by atoms with Gasteiger partial charge >= 0.3 is 0 Å². The summed E-state index contributed by atoms with van der Waals surface area (Å²) in [7, 11) is 0.